The molecule has 0 aliphatic heterocycles. The number of halogens is 3. The van der Waals surface area contributed by atoms with E-state index in [0.29, 0.717) is 15.6 Å². The van der Waals surface area contributed by atoms with Gasteiger partial charge in [-0.15, -0.1) is 0 Å². The smallest absolute Gasteiger partial charge is 0.145 e. The van der Waals surface area contributed by atoms with Crippen molar-refractivity contribution in [1.29, 1.82) is 0 Å². The minimum atomic E-state index is -0.450. The summed E-state index contributed by atoms with van der Waals surface area (Å²) in [5.74, 6) is -0.168. The molecule has 1 heterocycles. The Kier molecular flexibility index (Phi) is 5.52. The number of nitrogens with two attached hydrogens (primary N) is 1. The first-order valence-corrected chi connectivity index (χ1v) is 7.25. The number of aromatic nitrogens is 1. The first-order valence-electron chi connectivity index (χ1n) is 6.08. The quantitative estimate of drug-likeness (QED) is 0.786. The van der Waals surface area contributed by atoms with Gasteiger partial charge in [-0.05, 0) is 33.6 Å². The van der Waals surface area contributed by atoms with Gasteiger partial charge in [0.05, 0.1) is 24.3 Å². The molecule has 4 nitrogen and oxygen atoms in total. The maximum Gasteiger partial charge on any atom is 0.145 e. The van der Waals surface area contributed by atoms with Crippen molar-refractivity contribution in [3.63, 3.8) is 0 Å². The van der Waals surface area contributed by atoms with Crippen molar-refractivity contribution in [2.75, 3.05) is 5.73 Å². The van der Waals surface area contributed by atoms with Crippen LogP contribution in [-0.2, 0) is 24.6 Å². The summed E-state index contributed by atoms with van der Waals surface area (Å²) in [5.41, 5.74) is 7.26. The normalized spacial score (nSPS) is 10.9. The van der Waals surface area contributed by atoms with Crippen LogP contribution in [0.2, 0.25) is 5.15 Å². The number of ether oxygens (including phenoxy) is 1. The Morgan fingerprint density at radius 1 is 1.33 bits per heavy atom. The van der Waals surface area contributed by atoms with E-state index in [0.717, 1.165) is 0 Å². The van der Waals surface area contributed by atoms with Gasteiger partial charge in [-0.3, -0.25) is 0 Å². The van der Waals surface area contributed by atoms with Crippen molar-refractivity contribution in [3.8, 4) is 0 Å². The number of hydrogen-bond donors (Lipinski definition) is 2. The van der Waals surface area contributed by atoms with Crippen LogP contribution in [0.4, 0.5) is 10.2 Å². The Balaban J connectivity index is 2.05. The fourth-order valence-electron chi connectivity index (χ4n) is 1.82. The van der Waals surface area contributed by atoms with Gasteiger partial charge in [0.2, 0.25) is 0 Å². The van der Waals surface area contributed by atoms with E-state index in [2.05, 4.69) is 20.9 Å². The Morgan fingerprint density at radius 2 is 2.05 bits per heavy atom. The first kappa shape index (κ1) is 16.2. The van der Waals surface area contributed by atoms with Gasteiger partial charge in [-0.2, -0.15) is 0 Å². The second-order valence-electron chi connectivity index (χ2n) is 4.33. The third-order valence-corrected chi connectivity index (χ3v) is 4.06. The summed E-state index contributed by atoms with van der Waals surface area (Å²) in [7, 11) is 0. The van der Waals surface area contributed by atoms with Gasteiger partial charge in [0, 0.05) is 11.1 Å². The average molecular weight is 376 g/mol. The van der Waals surface area contributed by atoms with Gasteiger partial charge in [0.15, 0.2) is 0 Å². The molecule has 2 rings (SSSR count). The van der Waals surface area contributed by atoms with Crippen LogP contribution in [0.15, 0.2) is 28.7 Å². The summed E-state index contributed by atoms with van der Waals surface area (Å²) in [4.78, 5) is 3.96. The van der Waals surface area contributed by atoms with Crippen LogP contribution in [-0.4, -0.2) is 10.1 Å². The molecule has 21 heavy (non-hydrogen) atoms. The van der Waals surface area contributed by atoms with Gasteiger partial charge in [-0.25, -0.2) is 9.37 Å². The minimum Gasteiger partial charge on any atom is -0.392 e. The van der Waals surface area contributed by atoms with Crippen molar-refractivity contribution < 1.29 is 14.2 Å². The summed E-state index contributed by atoms with van der Waals surface area (Å²) in [6, 6.07) is 6.30. The molecule has 0 fully saturated rings. The van der Waals surface area contributed by atoms with E-state index in [1.165, 1.54) is 6.07 Å². The van der Waals surface area contributed by atoms with Crippen molar-refractivity contribution >= 4 is 33.3 Å². The summed E-state index contributed by atoms with van der Waals surface area (Å²) in [6.07, 6.45) is 0. The summed E-state index contributed by atoms with van der Waals surface area (Å²) in [5, 5.41) is 9.46. The van der Waals surface area contributed by atoms with Crippen LogP contribution < -0.4 is 5.73 Å². The molecule has 0 aliphatic rings. The number of nitrogens with zero attached hydrogens (tertiary/aromatic N) is 1. The molecule has 112 valence electrons. The number of pyridine rings is 1. The zero-order valence-electron chi connectivity index (χ0n) is 10.9. The summed E-state index contributed by atoms with van der Waals surface area (Å²) < 4.78 is 19.6. The molecular weight excluding hydrogens is 363 g/mol. The molecule has 0 saturated carbocycles. The Hall–Kier alpha value is -1.21. The lowest BCUT2D eigenvalue weighted by Crippen LogP contribution is -2.04. The van der Waals surface area contributed by atoms with Crippen LogP contribution >= 0.6 is 27.5 Å². The molecule has 7 heteroatoms. The van der Waals surface area contributed by atoms with Gasteiger partial charge in [-0.1, -0.05) is 23.7 Å². The van der Waals surface area contributed by atoms with E-state index < -0.39 is 5.82 Å². The topological polar surface area (TPSA) is 68.4 Å². The number of rotatable bonds is 5. The van der Waals surface area contributed by atoms with Crippen LogP contribution in [0.25, 0.3) is 0 Å². The zero-order chi connectivity index (χ0) is 15.4. The molecule has 0 aliphatic carbocycles. The second kappa shape index (κ2) is 7.17. The first-order chi connectivity index (χ1) is 10.0. The van der Waals surface area contributed by atoms with Crippen molar-refractivity contribution in [2.45, 2.75) is 19.8 Å². The van der Waals surface area contributed by atoms with E-state index in [1.54, 1.807) is 18.2 Å². The molecule has 0 saturated heterocycles. The van der Waals surface area contributed by atoms with E-state index in [4.69, 9.17) is 22.1 Å². The molecule has 0 spiro atoms. The molecule has 3 N–H and O–H groups in total. The number of benzene rings is 1. The molecule has 0 radical (unpaired) electrons. The number of hydrogen-bond acceptors (Lipinski definition) is 4. The fraction of sp³-hybridized carbons (Fsp3) is 0.214. The highest BCUT2D eigenvalue weighted by Crippen LogP contribution is 2.25. The minimum absolute atomic E-state index is 0.160. The van der Waals surface area contributed by atoms with Crippen molar-refractivity contribution in [1.82, 2.24) is 4.98 Å². The maximum absolute atomic E-state index is 13.5. The highest BCUT2D eigenvalue weighted by Gasteiger charge is 2.09. The van der Waals surface area contributed by atoms with Crippen molar-refractivity contribution in [2.24, 2.45) is 0 Å². The average Bonchev–Trinajstić information content (AvgIpc) is 2.44. The number of aliphatic hydroxyl groups is 1. The molecule has 1 aromatic carbocycles. The Bertz CT molecular complexity index is 655. The number of nitrogen functional groups attached to an aromatic ring is 1. The highest BCUT2D eigenvalue weighted by molar-refractivity contribution is 9.10. The second-order valence-corrected chi connectivity index (χ2v) is 5.55. The molecule has 0 bridgehead atoms. The monoisotopic (exact) mass is 374 g/mol. The lowest BCUT2D eigenvalue weighted by atomic mass is 10.1. The van der Waals surface area contributed by atoms with E-state index in [9.17, 15) is 9.50 Å². The van der Waals surface area contributed by atoms with Gasteiger partial charge < -0.3 is 15.6 Å². The fourth-order valence-corrected chi connectivity index (χ4v) is 2.33. The number of aliphatic hydroxyl groups excluding tert-OH is 1. The number of anilines is 1. The van der Waals surface area contributed by atoms with E-state index in [-0.39, 0.29) is 36.4 Å². The van der Waals surface area contributed by atoms with Crippen LogP contribution in [0, 0.1) is 5.82 Å². The predicted octanol–water partition coefficient (Wildman–Crippen LogP) is 3.43. The zero-order valence-corrected chi connectivity index (χ0v) is 13.3. The van der Waals surface area contributed by atoms with Gasteiger partial charge >= 0.3 is 0 Å². The summed E-state index contributed by atoms with van der Waals surface area (Å²) >= 11 is 9.09. The largest absolute Gasteiger partial charge is 0.392 e. The van der Waals surface area contributed by atoms with Crippen LogP contribution in [0.3, 0.4) is 0 Å². The highest BCUT2D eigenvalue weighted by atomic mass is 79.9. The molecule has 2 aromatic rings. The van der Waals surface area contributed by atoms with Crippen LogP contribution in [0.5, 0.6) is 0 Å². The molecular formula is C14H13BrClFN2O2. The lowest BCUT2D eigenvalue weighted by molar-refractivity contribution is 0.105. The Morgan fingerprint density at radius 3 is 2.76 bits per heavy atom. The SMILES string of the molecule is Nc1nc(Cl)c(Br)cc1COCc1cccc(F)c1CO. The van der Waals surface area contributed by atoms with E-state index >= 15 is 0 Å². The summed E-state index contributed by atoms with van der Waals surface area (Å²) in [6.45, 7) is -0.00905. The molecule has 0 atom stereocenters. The predicted molar refractivity (Wildman–Crippen MR) is 82.2 cm³/mol. The lowest BCUT2D eigenvalue weighted by Gasteiger charge is -2.11. The Labute approximate surface area is 134 Å². The van der Waals surface area contributed by atoms with Crippen molar-refractivity contribution in [3.05, 3.63) is 56.4 Å². The molecule has 1 aromatic heterocycles. The third-order valence-electron chi connectivity index (χ3n) is 2.93. The van der Waals surface area contributed by atoms with Gasteiger partial charge in [0.1, 0.15) is 16.8 Å². The third kappa shape index (κ3) is 3.91. The van der Waals surface area contributed by atoms with E-state index in [1.807, 2.05) is 0 Å². The molecule has 0 unspecified atom stereocenters. The standard InChI is InChI=1S/C14H13BrClFN2O2/c15-11-4-9(14(18)19-13(11)16)7-21-6-8-2-1-3-12(17)10(8)5-20/h1-4,20H,5-7H2,(H2,18,19). The maximum atomic E-state index is 13.5. The van der Waals surface area contributed by atoms with Gasteiger partial charge in [0.25, 0.3) is 0 Å². The molecule has 0 amide bonds. The van der Waals surface area contributed by atoms with Crippen LogP contribution in [0.1, 0.15) is 16.7 Å².